The van der Waals surface area contributed by atoms with Gasteiger partial charge >= 0.3 is 5.97 Å². The standard InChI is InChI=1S/C16H19N3O2/c1-11-8-13(18(2)17-11)10-19-7-6-14-12(9-19)4-3-5-15(14)16(20)21/h3-5,8H,6-7,9-10H2,1-2H3,(H,20,21). The van der Waals surface area contributed by atoms with E-state index in [1.807, 2.05) is 30.8 Å². The Balaban J connectivity index is 1.80. The Morgan fingerprint density at radius 2 is 2.24 bits per heavy atom. The van der Waals surface area contributed by atoms with E-state index in [0.29, 0.717) is 5.56 Å². The summed E-state index contributed by atoms with van der Waals surface area (Å²) in [6.45, 7) is 4.50. The van der Waals surface area contributed by atoms with Crippen LogP contribution in [0.3, 0.4) is 0 Å². The molecule has 2 aromatic rings. The maximum atomic E-state index is 11.3. The molecular weight excluding hydrogens is 266 g/mol. The van der Waals surface area contributed by atoms with Gasteiger partial charge in [-0.05, 0) is 36.6 Å². The minimum atomic E-state index is -0.831. The van der Waals surface area contributed by atoms with Crippen LogP contribution in [0.1, 0.15) is 32.9 Å². The van der Waals surface area contributed by atoms with Crippen molar-refractivity contribution in [1.29, 1.82) is 0 Å². The maximum absolute atomic E-state index is 11.3. The largest absolute Gasteiger partial charge is 0.478 e. The number of carboxylic acids is 1. The monoisotopic (exact) mass is 285 g/mol. The molecule has 1 aromatic carbocycles. The van der Waals surface area contributed by atoms with Crippen LogP contribution in [-0.2, 0) is 26.6 Å². The van der Waals surface area contributed by atoms with Crippen LogP contribution in [0.15, 0.2) is 24.3 Å². The number of aromatic carboxylic acids is 1. The Bertz CT molecular complexity index is 691. The molecule has 5 heteroatoms. The lowest BCUT2D eigenvalue weighted by Crippen LogP contribution is -2.31. The predicted molar refractivity (Wildman–Crippen MR) is 79.2 cm³/mol. The highest BCUT2D eigenvalue weighted by molar-refractivity contribution is 5.89. The topological polar surface area (TPSA) is 58.4 Å². The first-order valence-corrected chi connectivity index (χ1v) is 7.10. The minimum absolute atomic E-state index is 0.448. The Kier molecular flexibility index (Phi) is 3.51. The van der Waals surface area contributed by atoms with Crippen LogP contribution in [0, 0.1) is 6.92 Å². The Morgan fingerprint density at radius 3 is 2.90 bits per heavy atom. The van der Waals surface area contributed by atoms with E-state index in [1.165, 1.54) is 5.69 Å². The smallest absolute Gasteiger partial charge is 0.335 e. The number of fused-ring (bicyclic) bond motifs is 1. The van der Waals surface area contributed by atoms with E-state index in [2.05, 4.69) is 16.1 Å². The van der Waals surface area contributed by atoms with E-state index in [1.54, 1.807) is 6.07 Å². The molecule has 0 bridgehead atoms. The summed E-state index contributed by atoms with van der Waals surface area (Å²) in [6.07, 6.45) is 0.786. The maximum Gasteiger partial charge on any atom is 0.335 e. The number of hydrogen-bond donors (Lipinski definition) is 1. The summed E-state index contributed by atoms with van der Waals surface area (Å²) in [5.74, 6) is -0.831. The molecule has 0 saturated heterocycles. The first kappa shape index (κ1) is 13.8. The van der Waals surface area contributed by atoms with Crippen LogP contribution < -0.4 is 0 Å². The predicted octanol–water partition coefficient (Wildman–Crippen LogP) is 1.99. The van der Waals surface area contributed by atoms with Crippen LogP contribution in [0.25, 0.3) is 0 Å². The molecule has 1 aliphatic heterocycles. The van der Waals surface area contributed by atoms with Crippen LogP contribution in [-0.4, -0.2) is 32.3 Å². The third-order valence-electron chi connectivity index (χ3n) is 4.06. The van der Waals surface area contributed by atoms with Crippen LogP contribution in [0.2, 0.25) is 0 Å². The second kappa shape index (κ2) is 5.33. The van der Waals surface area contributed by atoms with Crippen LogP contribution >= 0.6 is 0 Å². The lowest BCUT2D eigenvalue weighted by atomic mass is 9.94. The quantitative estimate of drug-likeness (QED) is 0.937. The molecule has 3 rings (SSSR count). The summed E-state index contributed by atoms with van der Waals surface area (Å²) >= 11 is 0. The number of aryl methyl sites for hydroxylation is 2. The first-order chi connectivity index (χ1) is 10.0. The number of aromatic nitrogens is 2. The number of benzene rings is 1. The first-order valence-electron chi connectivity index (χ1n) is 7.10. The molecule has 0 atom stereocenters. The second-order valence-corrected chi connectivity index (χ2v) is 5.61. The molecule has 0 spiro atoms. The lowest BCUT2D eigenvalue weighted by molar-refractivity contribution is 0.0694. The Morgan fingerprint density at radius 1 is 1.43 bits per heavy atom. The van der Waals surface area contributed by atoms with Gasteiger partial charge in [-0.2, -0.15) is 5.10 Å². The van der Waals surface area contributed by atoms with Gasteiger partial charge in [-0.1, -0.05) is 12.1 Å². The number of nitrogens with zero attached hydrogens (tertiary/aromatic N) is 3. The van der Waals surface area contributed by atoms with Crippen molar-refractivity contribution in [2.45, 2.75) is 26.4 Å². The van der Waals surface area contributed by atoms with Crippen molar-refractivity contribution >= 4 is 5.97 Å². The zero-order chi connectivity index (χ0) is 15.0. The molecule has 1 aliphatic rings. The minimum Gasteiger partial charge on any atom is -0.478 e. The van der Waals surface area contributed by atoms with E-state index in [4.69, 9.17) is 0 Å². The summed E-state index contributed by atoms with van der Waals surface area (Å²) in [4.78, 5) is 13.6. The van der Waals surface area contributed by atoms with Crippen molar-refractivity contribution in [2.75, 3.05) is 6.54 Å². The van der Waals surface area contributed by atoms with Crippen molar-refractivity contribution in [3.63, 3.8) is 0 Å². The zero-order valence-electron chi connectivity index (χ0n) is 12.3. The molecule has 1 N–H and O–H groups in total. The number of carboxylic acid groups (broad SMARTS) is 1. The molecule has 0 aliphatic carbocycles. The molecule has 2 heterocycles. The summed E-state index contributed by atoms with van der Waals surface area (Å²) < 4.78 is 1.92. The summed E-state index contributed by atoms with van der Waals surface area (Å²) in [7, 11) is 1.96. The van der Waals surface area contributed by atoms with E-state index < -0.39 is 5.97 Å². The fourth-order valence-corrected chi connectivity index (χ4v) is 3.04. The van der Waals surface area contributed by atoms with Crippen molar-refractivity contribution in [2.24, 2.45) is 7.05 Å². The van der Waals surface area contributed by atoms with Crippen LogP contribution in [0.4, 0.5) is 0 Å². The zero-order valence-corrected chi connectivity index (χ0v) is 12.3. The Hall–Kier alpha value is -2.14. The molecule has 5 nitrogen and oxygen atoms in total. The second-order valence-electron chi connectivity index (χ2n) is 5.61. The number of rotatable bonds is 3. The van der Waals surface area contributed by atoms with Gasteiger partial charge in [-0.25, -0.2) is 4.79 Å². The van der Waals surface area contributed by atoms with Gasteiger partial charge in [-0.3, -0.25) is 9.58 Å². The average Bonchev–Trinajstić information content (AvgIpc) is 2.75. The third-order valence-corrected chi connectivity index (χ3v) is 4.06. The molecule has 110 valence electrons. The van der Waals surface area contributed by atoms with Gasteiger partial charge in [0, 0.05) is 26.7 Å². The number of carbonyl (C=O) groups is 1. The van der Waals surface area contributed by atoms with E-state index in [0.717, 1.165) is 42.9 Å². The molecular formula is C16H19N3O2. The molecule has 0 amide bonds. The Labute approximate surface area is 123 Å². The highest BCUT2D eigenvalue weighted by Crippen LogP contribution is 2.24. The van der Waals surface area contributed by atoms with Crippen molar-refractivity contribution < 1.29 is 9.90 Å². The van der Waals surface area contributed by atoms with E-state index in [-0.39, 0.29) is 0 Å². The van der Waals surface area contributed by atoms with E-state index >= 15 is 0 Å². The van der Waals surface area contributed by atoms with E-state index in [9.17, 15) is 9.90 Å². The van der Waals surface area contributed by atoms with Gasteiger partial charge in [-0.15, -0.1) is 0 Å². The van der Waals surface area contributed by atoms with Gasteiger partial charge in [0.05, 0.1) is 17.0 Å². The lowest BCUT2D eigenvalue weighted by Gasteiger charge is -2.29. The van der Waals surface area contributed by atoms with Gasteiger partial charge < -0.3 is 5.11 Å². The molecule has 1 aromatic heterocycles. The van der Waals surface area contributed by atoms with Crippen LogP contribution in [0.5, 0.6) is 0 Å². The number of hydrogen-bond acceptors (Lipinski definition) is 3. The third kappa shape index (κ3) is 2.69. The molecule has 0 unspecified atom stereocenters. The van der Waals surface area contributed by atoms with Crippen molar-refractivity contribution in [3.8, 4) is 0 Å². The van der Waals surface area contributed by atoms with Gasteiger partial charge in [0.2, 0.25) is 0 Å². The fourth-order valence-electron chi connectivity index (χ4n) is 3.04. The molecule has 0 radical (unpaired) electrons. The SMILES string of the molecule is Cc1cc(CN2CCc3c(cccc3C(=O)O)C2)n(C)n1. The molecule has 0 saturated carbocycles. The van der Waals surface area contributed by atoms with Gasteiger partial charge in [0.15, 0.2) is 0 Å². The highest BCUT2D eigenvalue weighted by atomic mass is 16.4. The summed E-state index contributed by atoms with van der Waals surface area (Å²) in [5.41, 5.74) is 4.77. The molecule has 21 heavy (non-hydrogen) atoms. The summed E-state index contributed by atoms with van der Waals surface area (Å²) in [5, 5.41) is 13.6. The highest BCUT2D eigenvalue weighted by Gasteiger charge is 2.21. The van der Waals surface area contributed by atoms with Gasteiger partial charge in [0.25, 0.3) is 0 Å². The average molecular weight is 285 g/mol. The van der Waals surface area contributed by atoms with Gasteiger partial charge in [0.1, 0.15) is 0 Å². The summed E-state index contributed by atoms with van der Waals surface area (Å²) in [6, 6.07) is 7.66. The fraction of sp³-hybridized carbons (Fsp3) is 0.375. The van der Waals surface area contributed by atoms with Crippen molar-refractivity contribution in [1.82, 2.24) is 14.7 Å². The van der Waals surface area contributed by atoms with Crippen molar-refractivity contribution in [3.05, 3.63) is 52.3 Å². The molecule has 0 fully saturated rings. The normalized spacial score (nSPS) is 15.0.